The molecule has 4 N–H and O–H groups in total. The highest BCUT2D eigenvalue weighted by atomic mass is 35.5. The zero-order chi connectivity index (χ0) is 26.9. The lowest BCUT2D eigenvalue weighted by Crippen LogP contribution is -2.43. The third kappa shape index (κ3) is 6.28. The largest absolute Gasteiger partial charge is 0.457 e. The smallest absolute Gasteiger partial charge is 0.266 e. The van der Waals surface area contributed by atoms with E-state index >= 15 is 4.39 Å². The number of carbonyl (C=O) groups excluding carboxylic acids is 1. The summed E-state index contributed by atoms with van der Waals surface area (Å²) in [6, 6.07) is 8.63. The molecule has 0 aliphatic heterocycles. The Hall–Kier alpha value is -3.15. The van der Waals surface area contributed by atoms with E-state index in [-0.39, 0.29) is 29.4 Å². The van der Waals surface area contributed by atoms with Gasteiger partial charge in [-0.25, -0.2) is 12.8 Å². The minimum absolute atomic E-state index is 0.0442. The van der Waals surface area contributed by atoms with Gasteiger partial charge in [0.15, 0.2) is 5.82 Å². The molecular weight excluding hydrogens is 535 g/mol. The maximum absolute atomic E-state index is 15.2. The number of aromatic nitrogens is 1. The van der Waals surface area contributed by atoms with Crippen molar-refractivity contribution in [2.45, 2.75) is 55.4 Å². The Balaban J connectivity index is 1.34. The molecule has 2 aliphatic rings. The van der Waals surface area contributed by atoms with E-state index in [0.717, 1.165) is 37.3 Å². The van der Waals surface area contributed by atoms with Crippen LogP contribution in [0.25, 0.3) is 0 Å². The molecule has 12 heteroatoms. The van der Waals surface area contributed by atoms with Gasteiger partial charge in [0, 0.05) is 17.2 Å². The summed E-state index contributed by atoms with van der Waals surface area (Å²) in [6.45, 7) is 0.586. The highest BCUT2D eigenvalue weighted by molar-refractivity contribution is 7.92. The second kappa shape index (κ2) is 10.9. The minimum Gasteiger partial charge on any atom is -0.457 e. The fourth-order valence-corrected chi connectivity index (χ4v) is 5.73. The number of ether oxygens (including phenoxy) is 1. The average molecular weight is 563 g/mol. The molecule has 202 valence electrons. The summed E-state index contributed by atoms with van der Waals surface area (Å²) < 4.78 is 53.9. The first-order chi connectivity index (χ1) is 18.2. The number of nitrogens with one attached hydrogen (secondary N) is 2. The lowest BCUT2D eigenvalue weighted by molar-refractivity contribution is -0.120. The van der Waals surface area contributed by atoms with Gasteiger partial charge < -0.3 is 20.3 Å². The molecule has 2 saturated carbocycles. The van der Waals surface area contributed by atoms with Gasteiger partial charge >= 0.3 is 0 Å². The number of nitrogens with zero attached hydrogens (tertiary/aromatic N) is 1. The van der Waals surface area contributed by atoms with E-state index in [9.17, 15) is 13.2 Å². The van der Waals surface area contributed by atoms with Crippen LogP contribution in [0.5, 0.6) is 11.5 Å². The number of halogens is 2. The minimum atomic E-state index is -4.24. The fourth-order valence-electron chi connectivity index (χ4n) is 4.44. The van der Waals surface area contributed by atoms with Crippen LogP contribution in [0, 0.1) is 11.7 Å². The van der Waals surface area contributed by atoms with E-state index in [2.05, 4.69) is 19.7 Å². The van der Waals surface area contributed by atoms with Crippen LogP contribution in [0.15, 0.2) is 52.1 Å². The zero-order valence-electron chi connectivity index (χ0n) is 20.5. The van der Waals surface area contributed by atoms with Crippen LogP contribution in [0.3, 0.4) is 0 Å². The van der Waals surface area contributed by atoms with Crippen molar-refractivity contribution in [2.24, 2.45) is 11.7 Å². The predicted octanol–water partition coefficient (Wildman–Crippen LogP) is 4.72. The van der Waals surface area contributed by atoms with Crippen LogP contribution in [-0.4, -0.2) is 32.1 Å². The molecule has 1 unspecified atom stereocenters. The standard InChI is InChI=1S/C26H28ClFN4O5S/c27-18-7-8-21(17(12-18)2-1-10-30-25(26(29)33)16-5-6-16)37-22-14-20(28)23(13-19(22)15-3-4-15)38(34,35)32-24-9-11-36-31-24/h7-9,11-16,25,30H,1-6,10H2,(H2,29,33)(H,31,32). The van der Waals surface area contributed by atoms with Gasteiger partial charge in [0.1, 0.15) is 28.5 Å². The highest BCUT2D eigenvalue weighted by Crippen LogP contribution is 2.47. The molecular formula is C26H28ClFN4O5S. The first kappa shape index (κ1) is 26.5. The molecule has 1 heterocycles. The van der Waals surface area contributed by atoms with E-state index in [1.165, 1.54) is 18.4 Å². The summed E-state index contributed by atoms with van der Waals surface area (Å²) >= 11 is 6.24. The molecule has 38 heavy (non-hydrogen) atoms. The monoisotopic (exact) mass is 562 g/mol. The number of hydrogen-bond donors (Lipinski definition) is 3. The topological polar surface area (TPSA) is 137 Å². The number of benzene rings is 2. The van der Waals surface area contributed by atoms with E-state index in [1.807, 2.05) is 0 Å². The van der Waals surface area contributed by atoms with Crippen molar-refractivity contribution in [3.05, 3.63) is 64.6 Å². The first-order valence-electron chi connectivity index (χ1n) is 12.5. The summed E-state index contributed by atoms with van der Waals surface area (Å²) in [5.41, 5.74) is 6.94. The summed E-state index contributed by atoms with van der Waals surface area (Å²) in [5, 5.41) is 7.30. The number of amides is 1. The number of primary amides is 1. The molecule has 2 aromatic carbocycles. The van der Waals surface area contributed by atoms with Gasteiger partial charge in [-0.05, 0) is 92.3 Å². The number of anilines is 1. The molecule has 2 aliphatic carbocycles. The van der Waals surface area contributed by atoms with Crippen LogP contribution in [-0.2, 0) is 21.2 Å². The molecule has 1 amide bonds. The molecule has 0 radical (unpaired) electrons. The third-order valence-corrected chi connectivity index (χ3v) is 8.28. The Labute approximate surface area is 224 Å². The van der Waals surface area contributed by atoms with Gasteiger partial charge in [-0.3, -0.25) is 9.52 Å². The molecule has 5 rings (SSSR count). The summed E-state index contributed by atoms with van der Waals surface area (Å²) in [4.78, 5) is 11.2. The Morgan fingerprint density at radius 1 is 1.18 bits per heavy atom. The van der Waals surface area contributed by atoms with E-state index in [4.69, 9.17) is 22.1 Å². The van der Waals surface area contributed by atoms with Crippen molar-refractivity contribution in [3.8, 4) is 11.5 Å². The normalized spacial score (nSPS) is 16.3. The Bertz CT molecular complexity index is 1430. The van der Waals surface area contributed by atoms with E-state index in [1.54, 1.807) is 18.2 Å². The van der Waals surface area contributed by atoms with Crippen LogP contribution >= 0.6 is 11.6 Å². The van der Waals surface area contributed by atoms with Crippen molar-refractivity contribution in [2.75, 3.05) is 11.3 Å². The van der Waals surface area contributed by atoms with Gasteiger partial charge in [0.25, 0.3) is 10.0 Å². The quantitative estimate of drug-likeness (QED) is 0.256. The SMILES string of the molecule is NC(=O)C(NCCCc1cc(Cl)ccc1Oc1cc(F)c(S(=O)(=O)Nc2ccon2)cc1C1CC1)C1CC1. The van der Waals surface area contributed by atoms with Crippen LogP contribution in [0.2, 0.25) is 5.02 Å². The van der Waals surface area contributed by atoms with Crippen molar-refractivity contribution in [1.82, 2.24) is 10.5 Å². The third-order valence-electron chi connectivity index (χ3n) is 6.68. The van der Waals surface area contributed by atoms with Crippen molar-refractivity contribution in [3.63, 3.8) is 0 Å². The van der Waals surface area contributed by atoms with Crippen LogP contribution in [0.1, 0.15) is 49.1 Å². The predicted molar refractivity (Wildman–Crippen MR) is 139 cm³/mol. The second-order valence-electron chi connectivity index (χ2n) is 9.71. The van der Waals surface area contributed by atoms with E-state index < -0.39 is 20.7 Å². The number of nitrogens with two attached hydrogens (primary N) is 1. The van der Waals surface area contributed by atoms with Crippen molar-refractivity contribution in [1.29, 1.82) is 0 Å². The summed E-state index contributed by atoms with van der Waals surface area (Å²) in [6.07, 6.45) is 6.20. The van der Waals surface area contributed by atoms with Crippen LogP contribution in [0.4, 0.5) is 10.2 Å². The van der Waals surface area contributed by atoms with Crippen molar-refractivity contribution >= 4 is 33.3 Å². The van der Waals surface area contributed by atoms with Gasteiger partial charge in [-0.2, -0.15) is 0 Å². The summed E-state index contributed by atoms with van der Waals surface area (Å²) in [7, 11) is -4.24. The maximum Gasteiger partial charge on any atom is 0.266 e. The van der Waals surface area contributed by atoms with Gasteiger partial charge in [0.2, 0.25) is 5.91 Å². The first-order valence-corrected chi connectivity index (χ1v) is 14.3. The summed E-state index contributed by atoms with van der Waals surface area (Å²) in [5.74, 6) is -0.188. The lowest BCUT2D eigenvalue weighted by atomic mass is 10.1. The molecule has 0 saturated heterocycles. The molecule has 9 nitrogen and oxygen atoms in total. The van der Waals surface area contributed by atoms with Gasteiger partial charge in [0.05, 0.1) is 6.04 Å². The maximum atomic E-state index is 15.2. The number of carbonyl (C=O) groups is 1. The Morgan fingerprint density at radius 2 is 1.97 bits per heavy atom. The van der Waals surface area contributed by atoms with Gasteiger partial charge in [-0.15, -0.1) is 0 Å². The number of hydrogen-bond acceptors (Lipinski definition) is 7. The molecule has 0 spiro atoms. The Kier molecular flexibility index (Phi) is 7.60. The molecule has 3 aromatic rings. The van der Waals surface area contributed by atoms with Crippen molar-refractivity contribution < 1.29 is 26.9 Å². The second-order valence-corrected chi connectivity index (χ2v) is 11.8. The number of aryl methyl sites for hydroxylation is 1. The lowest BCUT2D eigenvalue weighted by Gasteiger charge is -2.17. The Morgan fingerprint density at radius 3 is 2.63 bits per heavy atom. The highest BCUT2D eigenvalue weighted by Gasteiger charge is 2.34. The fraction of sp³-hybridized carbons (Fsp3) is 0.385. The zero-order valence-corrected chi connectivity index (χ0v) is 22.0. The molecule has 2 fully saturated rings. The van der Waals surface area contributed by atoms with Crippen LogP contribution < -0.4 is 20.5 Å². The number of rotatable bonds is 13. The molecule has 1 atom stereocenters. The van der Waals surface area contributed by atoms with Gasteiger partial charge in [-0.1, -0.05) is 16.8 Å². The molecule has 1 aromatic heterocycles. The average Bonchev–Trinajstić information content (AvgIpc) is 3.79. The molecule has 0 bridgehead atoms. The van der Waals surface area contributed by atoms with E-state index in [0.29, 0.717) is 41.6 Å². The number of sulfonamides is 1.